The van der Waals surface area contributed by atoms with Crippen molar-refractivity contribution in [1.82, 2.24) is 5.32 Å². The molecule has 4 heteroatoms. The first kappa shape index (κ1) is 15.4. The molecule has 18 heavy (non-hydrogen) atoms. The van der Waals surface area contributed by atoms with Crippen molar-refractivity contribution in [3.63, 3.8) is 0 Å². The normalized spacial score (nSPS) is 18.9. The molecule has 0 bridgehead atoms. The van der Waals surface area contributed by atoms with Gasteiger partial charge in [-0.25, -0.2) is 0 Å². The minimum absolute atomic E-state index is 0.0625. The number of nitrogens with two attached hydrogens (primary N) is 1. The summed E-state index contributed by atoms with van der Waals surface area (Å²) in [6, 6.07) is 0. The molecule has 4 nitrogen and oxygen atoms in total. The van der Waals surface area contributed by atoms with Crippen molar-refractivity contribution in [2.45, 2.75) is 57.9 Å². The number of carbonyl (C=O) groups excluding carboxylic acids is 1. The second kappa shape index (κ2) is 7.74. The Bertz CT molecular complexity index is 248. The van der Waals surface area contributed by atoms with Crippen LogP contribution in [0, 0.1) is 5.92 Å². The van der Waals surface area contributed by atoms with E-state index in [1.807, 2.05) is 0 Å². The number of carbonyl (C=O) groups is 1. The van der Waals surface area contributed by atoms with Crippen LogP contribution in [-0.2, 0) is 9.53 Å². The van der Waals surface area contributed by atoms with E-state index in [0.717, 1.165) is 32.3 Å². The fraction of sp³-hybridized carbons (Fsp3) is 0.929. The summed E-state index contributed by atoms with van der Waals surface area (Å²) in [5.41, 5.74) is 5.98. The summed E-state index contributed by atoms with van der Waals surface area (Å²) < 4.78 is 5.41. The van der Waals surface area contributed by atoms with Crippen molar-refractivity contribution in [2.75, 3.05) is 19.8 Å². The maximum Gasteiger partial charge on any atom is 0.221 e. The van der Waals surface area contributed by atoms with Crippen LogP contribution in [-0.4, -0.2) is 31.2 Å². The van der Waals surface area contributed by atoms with Gasteiger partial charge in [0.15, 0.2) is 0 Å². The largest absolute Gasteiger partial charge is 0.379 e. The van der Waals surface area contributed by atoms with E-state index >= 15 is 0 Å². The van der Waals surface area contributed by atoms with E-state index in [1.165, 1.54) is 6.42 Å². The van der Waals surface area contributed by atoms with Crippen LogP contribution in [0.3, 0.4) is 0 Å². The Kier molecular flexibility index (Phi) is 6.65. The minimum Gasteiger partial charge on any atom is -0.379 e. The fourth-order valence-electron chi connectivity index (χ4n) is 2.40. The maximum atomic E-state index is 11.8. The van der Waals surface area contributed by atoms with Gasteiger partial charge in [-0.3, -0.25) is 4.79 Å². The smallest absolute Gasteiger partial charge is 0.221 e. The lowest BCUT2D eigenvalue weighted by atomic mass is 9.80. The minimum atomic E-state index is -0.263. The van der Waals surface area contributed by atoms with E-state index in [9.17, 15) is 4.79 Å². The molecular formula is C14H28N2O2. The molecule has 0 radical (unpaired) electrons. The summed E-state index contributed by atoms with van der Waals surface area (Å²) in [5.74, 6) is 0.600. The summed E-state index contributed by atoms with van der Waals surface area (Å²) in [7, 11) is 0. The number of rotatable bonds is 7. The molecule has 0 aromatic heterocycles. The Balaban J connectivity index is 2.09. The second-order valence-corrected chi connectivity index (χ2v) is 5.92. The van der Waals surface area contributed by atoms with E-state index in [2.05, 4.69) is 19.2 Å². The molecule has 1 aliphatic carbocycles. The third-order valence-corrected chi connectivity index (χ3v) is 3.38. The molecule has 0 saturated heterocycles. The predicted octanol–water partition coefficient (Wildman–Crippen LogP) is 1.83. The molecule has 0 atom stereocenters. The molecule has 0 spiro atoms. The molecule has 0 unspecified atom stereocenters. The van der Waals surface area contributed by atoms with Crippen LogP contribution in [0.25, 0.3) is 0 Å². The van der Waals surface area contributed by atoms with Gasteiger partial charge in [0.05, 0.1) is 6.61 Å². The molecule has 0 aliphatic heterocycles. The summed E-state index contributed by atoms with van der Waals surface area (Å²) >= 11 is 0. The molecule has 1 aliphatic rings. The quantitative estimate of drug-likeness (QED) is 0.683. The third kappa shape index (κ3) is 6.36. The molecule has 0 aromatic carbocycles. The predicted molar refractivity (Wildman–Crippen MR) is 73.3 cm³/mol. The van der Waals surface area contributed by atoms with Crippen LogP contribution >= 0.6 is 0 Å². The van der Waals surface area contributed by atoms with Crippen molar-refractivity contribution >= 4 is 5.91 Å². The van der Waals surface area contributed by atoms with Gasteiger partial charge < -0.3 is 15.8 Å². The highest BCUT2D eigenvalue weighted by Gasteiger charge is 2.29. The number of nitrogens with one attached hydrogen (secondary N) is 1. The molecule has 3 N–H and O–H groups in total. The van der Waals surface area contributed by atoms with Gasteiger partial charge in [-0.15, -0.1) is 0 Å². The molecule has 106 valence electrons. The molecular weight excluding hydrogens is 228 g/mol. The Hall–Kier alpha value is -0.610. The number of amides is 1. The molecule has 1 rings (SSSR count). The van der Waals surface area contributed by atoms with Crippen LogP contribution in [0.2, 0.25) is 0 Å². The van der Waals surface area contributed by atoms with Crippen LogP contribution < -0.4 is 11.1 Å². The van der Waals surface area contributed by atoms with Gasteiger partial charge >= 0.3 is 0 Å². The van der Waals surface area contributed by atoms with Crippen molar-refractivity contribution in [1.29, 1.82) is 0 Å². The van der Waals surface area contributed by atoms with Gasteiger partial charge in [-0.05, 0) is 18.8 Å². The first-order valence-electron chi connectivity index (χ1n) is 7.15. The lowest BCUT2D eigenvalue weighted by Gasteiger charge is -2.32. The zero-order valence-electron chi connectivity index (χ0n) is 11.8. The fourth-order valence-corrected chi connectivity index (χ4v) is 2.40. The molecule has 1 fully saturated rings. The average molecular weight is 256 g/mol. The zero-order chi connectivity index (χ0) is 13.4. The first-order chi connectivity index (χ1) is 8.52. The summed E-state index contributed by atoms with van der Waals surface area (Å²) in [4.78, 5) is 11.8. The standard InChI is InChI=1S/C14H28N2O2/c1-12(2)11-18-9-8-16-13(17)10-14(15)6-4-3-5-7-14/h12H,3-11,15H2,1-2H3,(H,16,17). The Morgan fingerprint density at radius 3 is 2.61 bits per heavy atom. The second-order valence-electron chi connectivity index (χ2n) is 5.92. The van der Waals surface area contributed by atoms with Crippen molar-refractivity contribution < 1.29 is 9.53 Å². The lowest BCUT2D eigenvalue weighted by Crippen LogP contribution is -2.46. The van der Waals surface area contributed by atoms with Gasteiger partial charge in [0.25, 0.3) is 0 Å². The van der Waals surface area contributed by atoms with E-state index in [0.29, 0.717) is 25.5 Å². The van der Waals surface area contributed by atoms with Crippen LogP contribution in [0.15, 0.2) is 0 Å². The van der Waals surface area contributed by atoms with E-state index in [-0.39, 0.29) is 11.4 Å². The van der Waals surface area contributed by atoms with Crippen molar-refractivity contribution in [3.8, 4) is 0 Å². The summed E-state index contributed by atoms with van der Waals surface area (Å²) in [5, 5.41) is 2.88. The summed E-state index contributed by atoms with van der Waals surface area (Å²) in [6.45, 7) is 6.14. The van der Waals surface area contributed by atoms with Gasteiger partial charge in [0.1, 0.15) is 0 Å². The Labute approximate surface area is 111 Å². The number of hydrogen-bond acceptors (Lipinski definition) is 3. The third-order valence-electron chi connectivity index (χ3n) is 3.38. The monoisotopic (exact) mass is 256 g/mol. The average Bonchev–Trinajstić information content (AvgIpc) is 2.28. The Morgan fingerprint density at radius 1 is 1.33 bits per heavy atom. The molecule has 1 amide bonds. The number of hydrogen-bond donors (Lipinski definition) is 2. The Morgan fingerprint density at radius 2 is 2.00 bits per heavy atom. The van der Waals surface area contributed by atoms with Crippen molar-refractivity contribution in [3.05, 3.63) is 0 Å². The first-order valence-corrected chi connectivity index (χ1v) is 7.15. The van der Waals surface area contributed by atoms with Crippen molar-refractivity contribution in [2.24, 2.45) is 11.7 Å². The van der Waals surface area contributed by atoms with E-state index in [4.69, 9.17) is 10.5 Å². The lowest BCUT2D eigenvalue weighted by molar-refractivity contribution is -0.122. The SMILES string of the molecule is CC(C)COCCNC(=O)CC1(N)CCCCC1. The topological polar surface area (TPSA) is 64.3 Å². The highest BCUT2D eigenvalue weighted by atomic mass is 16.5. The maximum absolute atomic E-state index is 11.8. The van der Waals surface area contributed by atoms with Gasteiger partial charge in [-0.1, -0.05) is 33.1 Å². The molecule has 0 heterocycles. The molecule has 1 saturated carbocycles. The van der Waals surface area contributed by atoms with Crippen LogP contribution in [0.4, 0.5) is 0 Å². The highest BCUT2D eigenvalue weighted by Crippen LogP contribution is 2.28. The highest BCUT2D eigenvalue weighted by molar-refractivity contribution is 5.77. The van der Waals surface area contributed by atoms with Gasteiger partial charge in [0, 0.05) is 25.1 Å². The van der Waals surface area contributed by atoms with Gasteiger partial charge in [-0.2, -0.15) is 0 Å². The zero-order valence-corrected chi connectivity index (χ0v) is 11.8. The summed E-state index contributed by atoms with van der Waals surface area (Å²) in [6.07, 6.45) is 5.97. The van der Waals surface area contributed by atoms with Gasteiger partial charge in [0.2, 0.25) is 5.91 Å². The van der Waals surface area contributed by atoms with Crippen LogP contribution in [0.1, 0.15) is 52.4 Å². The van der Waals surface area contributed by atoms with E-state index in [1.54, 1.807) is 0 Å². The molecule has 0 aromatic rings. The van der Waals surface area contributed by atoms with E-state index < -0.39 is 0 Å². The number of ether oxygens (including phenoxy) is 1. The van der Waals surface area contributed by atoms with Crippen LogP contribution in [0.5, 0.6) is 0 Å².